The van der Waals surface area contributed by atoms with Crippen LogP contribution in [0.3, 0.4) is 0 Å². The molecule has 0 saturated heterocycles. The normalized spacial score (nSPS) is 12.5. The van der Waals surface area contributed by atoms with E-state index in [9.17, 15) is 8.78 Å². The highest BCUT2D eigenvalue weighted by Gasteiger charge is 2.16. The Morgan fingerprint density at radius 1 is 1.05 bits per heavy atom. The smallest absolute Gasteiger partial charge is 0.162 e. The number of benzene rings is 2. The highest BCUT2D eigenvalue weighted by molar-refractivity contribution is 9.11. The lowest BCUT2D eigenvalue weighted by Crippen LogP contribution is -2.00. The summed E-state index contributed by atoms with van der Waals surface area (Å²) in [6.45, 7) is 0. The Bertz CT molecular complexity index is 599. The minimum Gasteiger partial charge on any atom is -0.204 e. The lowest BCUT2D eigenvalue weighted by atomic mass is 10.0. The van der Waals surface area contributed by atoms with Crippen LogP contribution < -0.4 is 0 Å². The number of alkyl halides is 1. The number of hydrogen-bond acceptors (Lipinski definition) is 0. The van der Waals surface area contributed by atoms with E-state index in [0.717, 1.165) is 20.6 Å². The fourth-order valence-corrected chi connectivity index (χ4v) is 3.70. The van der Waals surface area contributed by atoms with Crippen LogP contribution in [-0.2, 0) is 6.42 Å². The monoisotopic (exact) mass is 452 g/mol. The van der Waals surface area contributed by atoms with Crippen LogP contribution in [-0.4, -0.2) is 0 Å². The molecule has 0 bridgehead atoms. The van der Waals surface area contributed by atoms with Crippen molar-refractivity contribution in [1.29, 1.82) is 0 Å². The molecule has 0 radical (unpaired) electrons. The molecule has 0 aliphatic heterocycles. The maximum Gasteiger partial charge on any atom is 0.162 e. The molecular weight excluding hydrogens is 446 g/mol. The minimum atomic E-state index is -0.814. The molecule has 0 amide bonds. The standard InChI is InChI=1S/C14H9Br3F2/c15-9-4-5-11(16)10(7-9)12(17)6-8-2-1-3-13(18)14(8)19/h1-5,7,12H,6H2. The van der Waals surface area contributed by atoms with Gasteiger partial charge in [-0.15, -0.1) is 0 Å². The zero-order valence-corrected chi connectivity index (χ0v) is 14.4. The molecule has 1 unspecified atom stereocenters. The summed E-state index contributed by atoms with van der Waals surface area (Å²) in [7, 11) is 0. The van der Waals surface area contributed by atoms with Crippen molar-refractivity contribution in [1.82, 2.24) is 0 Å². The molecule has 0 spiro atoms. The molecule has 5 heteroatoms. The molecule has 19 heavy (non-hydrogen) atoms. The van der Waals surface area contributed by atoms with Crippen molar-refractivity contribution in [2.75, 3.05) is 0 Å². The van der Waals surface area contributed by atoms with Gasteiger partial charge in [0, 0.05) is 13.8 Å². The molecule has 0 aliphatic carbocycles. The first kappa shape index (κ1) is 15.1. The van der Waals surface area contributed by atoms with Gasteiger partial charge in [-0.3, -0.25) is 0 Å². The quantitative estimate of drug-likeness (QED) is 0.486. The van der Waals surface area contributed by atoms with Gasteiger partial charge in [0.15, 0.2) is 11.6 Å². The van der Waals surface area contributed by atoms with E-state index in [2.05, 4.69) is 47.8 Å². The van der Waals surface area contributed by atoms with Crippen LogP contribution in [0.5, 0.6) is 0 Å². The van der Waals surface area contributed by atoms with Gasteiger partial charge in [0.2, 0.25) is 0 Å². The van der Waals surface area contributed by atoms with Gasteiger partial charge in [-0.2, -0.15) is 0 Å². The third kappa shape index (κ3) is 3.64. The summed E-state index contributed by atoms with van der Waals surface area (Å²) >= 11 is 10.4. The van der Waals surface area contributed by atoms with Gasteiger partial charge >= 0.3 is 0 Å². The Morgan fingerprint density at radius 3 is 2.53 bits per heavy atom. The molecule has 0 aromatic heterocycles. The van der Waals surface area contributed by atoms with E-state index in [1.807, 2.05) is 18.2 Å². The van der Waals surface area contributed by atoms with Crippen LogP contribution in [0.15, 0.2) is 45.3 Å². The Kier molecular flexibility index (Phi) is 5.15. The minimum absolute atomic E-state index is 0.101. The number of rotatable bonds is 3. The van der Waals surface area contributed by atoms with Gasteiger partial charge in [0.05, 0.1) is 0 Å². The summed E-state index contributed by atoms with van der Waals surface area (Å²) in [5, 5.41) is 0. The number of hydrogen-bond donors (Lipinski definition) is 0. The van der Waals surface area contributed by atoms with E-state index >= 15 is 0 Å². The summed E-state index contributed by atoms with van der Waals surface area (Å²) in [4.78, 5) is -0.101. The van der Waals surface area contributed by atoms with E-state index in [4.69, 9.17) is 0 Å². The lowest BCUT2D eigenvalue weighted by molar-refractivity contribution is 0.498. The molecule has 0 aliphatic rings. The van der Waals surface area contributed by atoms with Gasteiger partial charge in [-0.1, -0.05) is 59.9 Å². The first-order valence-corrected chi connectivity index (χ1v) is 8.01. The molecule has 0 saturated carbocycles. The van der Waals surface area contributed by atoms with E-state index in [1.54, 1.807) is 6.07 Å². The first-order chi connectivity index (χ1) is 8.99. The molecule has 0 N–H and O–H groups in total. The Hall–Kier alpha value is -0.260. The molecule has 1 atom stereocenters. The van der Waals surface area contributed by atoms with E-state index < -0.39 is 11.6 Å². The van der Waals surface area contributed by atoms with Crippen LogP contribution in [0.2, 0.25) is 0 Å². The van der Waals surface area contributed by atoms with Crippen LogP contribution in [0.1, 0.15) is 16.0 Å². The summed E-state index contributed by atoms with van der Waals surface area (Å²) < 4.78 is 28.7. The van der Waals surface area contributed by atoms with Crippen molar-refractivity contribution in [2.45, 2.75) is 11.2 Å². The SMILES string of the molecule is Fc1cccc(CC(Br)c2cc(Br)ccc2Br)c1F. The van der Waals surface area contributed by atoms with Gasteiger partial charge in [0.25, 0.3) is 0 Å². The lowest BCUT2D eigenvalue weighted by Gasteiger charge is -2.13. The second kappa shape index (κ2) is 6.46. The molecule has 0 heterocycles. The van der Waals surface area contributed by atoms with Crippen LogP contribution in [0.4, 0.5) is 8.78 Å². The highest BCUT2D eigenvalue weighted by Crippen LogP contribution is 2.35. The van der Waals surface area contributed by atoms with E-state index in [-0.39, 0.29) is 4.83 Å². The second-order valence-corrected chi connectivity index (χ2v) is 6.93. The van der Waals surface area contributed by atoms with Crippen LogP contribution in [0.25, 0.3) is 0 Å². The number of halogens is 5. The fraction of sp³-hybridized carbons (Fsp3) is 0.143. The highest BCUT2D eigenvalue weighted by atomic mass is 79.9. The topological polar surface area (TPSA) is 0 Å². The summed E-state index contributed by atoms with van der Waals surface area (Å²) in [5.41, 5.74) is 1.34. The average molecular weight is 455 g/mol. The molecule has 2 rings (SSSR count). The maximum atomic E-state index is 13.6. The van der Waals surface area contributed by atoms with Gasteiger partial charge in [-0.05, 0) is 41.8 Å². The van der Waals surface area contributed by atoms with E-state index in [1.165, 1.54) is 6.07 Å². The molecule has 2 aromatic carbocycles. The van der Waals surface area contributed by atoms with Crippen molar-refractivity contribution >= 4 is 47.8 Å². The van der Waals surface area contributed by atoms with Crippen molar-refractivity contribution < 1.29 is 8.78 Å². The van der Waals surface area contributed by atoms with Crippen molar-refractivity contribution in [3.8, 4) is 0 Å². The van der Waals surface area contributed by atoms with Gasteiger partial charge in [-0.25, -0.2) is 8.78 Å². The average Bonchev–Trinajstić information content (AvgIpc) is 2.38. The predicted molar refractivity (Wildman–Crippen MR) is 83.6 cm³/mol. The third-order valence-corrected chi connectivity index (χ3v) is 4.76. The van der Waals surface area contributed by atoms with Crippen molar-refractivity contribution in [3.05, 3.63) is 68.1 Å². The van der Waals surface area contributed by atoms with Gasteiger partial charge < -0.3 is 0 Å². The van der Waals surface area contributed by atoms with Crippen LogP contribution >= 0.6 is 47.8 Å². The zero-order valence-electron chi connectivity index (χ0n) is 9.64. The molecule has 100 valence electrons. The van der Waals surface area contributed by atoms with E-state index in [0.29, 0.717) is 12.0 Å². The molecule has 0 nitrogen and oxygen atoms in total. The Morgan fingerprint density at radius 2 is 1.79 bits per heavy atom. The summed E-state index contributed by atoms with van der Waals surface area (Å²) in [6.07, 6.45) is 0.374. The van der Waals surface area contributed by atoms with Gasteiger partial charge in [0.1, 0.15) is 0 Å². The first-order valence-electron chi connectivity index (χ1n) is 5.51. The van der Waals surface area contributed by atoms with Crippen molar-refractivity contribution in [3.63, 3.8) is 0 Å². The summed E-state index contributed by atoms with van der Waals surface area (Å²) in [6, 6.07) is 10.0. The Labute approximate surface area is 135 Å². The fourth-order valence-electron chi connectivity index (χ4n) is 1.76. The van der Waals surface area contributed by atoms with Crippen molar-refractivity contribution in [2.24, 2.45) is 0 Å². The molecular formula is C14H9Br3F2. The predicted octanol–water partition coefficient (Wildman–Crippen LogP) is 6.17. The summed E-state index contributed by atoms with van der Waals surface area (Å²) in [5.74, 6) is -1.59. The molecule has 0 fully saturated rings. The maximum absolute atomic E-state index is 13.6. The third-order valence-electron chi connectivity index (χ3n) is 2.73. The van der Waals surface area contributed by atoms with Crippen LogP contribution in [0, 0.1) is 11.6 Å². The zero-order chi connectivity index (χ0) is 14.0. The Balaban J connectivity index is 2.28. The largest absolute Gasteiger partial charge is 0.204 e. The molecule has 2 aromatic rings. The second-order valence-electron chi connectivity index (χ2n) is 4.05.